The van der Waals surface area contributed by atoms with Gasteiger partial charge in [0.1, 0.15) is 0 Å². The topological polar surface area (TPSA) is 61.4 Å². The van der Waals surface area contributed by atoms with Gasteiger partial charge in [0.25, 0.3) is 0 Å². The molecule has 1 unspecified atom stereocenters. The lowest BCUT2D eigenvalue weighted by Crippen LogP contribution is -2.38. The van der Waals surface area contributed by atoms with Gasteiger partial charge in [-0.1, -0.05) is 49.6 Å². The van der Waals surface area contributed by atoms with Crippen LogP contribution in [0.15, 0.2) is 30.3 Å². The molecule has 2 rings (SSSR count). The zero-order chi connectivity index (χ0) is 15.6. The highest BCUT2D eigenvalue weighted by Crippen LogP contribution is 2.17. The molecule has 1 aromatic carbocycles. The molecule has 1 amide bonds. The zero-order valence-corrected chi connectivity index (χ0v) is 13.3. The summed E-state index contributed by atoms with van der Waals surface area (Å²) in [6.45, 7) is 1.13. The van der Waals surface area contributed by atoms with E-state index >= 15 is 0 Å². The SMILES string of the molecule is O=C(CCNCC(O)Cc1ccccc1)NC1CCCCC1. The Hall–Kier alpha value is -1.39. The van der Waals surface area contributed by atoms with Crippen LogP contribution >= 0.6 is 0 Å². The van der Waals surface area contributed by atoms with Gasteiger partial charge in [0, 0.05) is 25.6 Å². The quantitative estimate of drug-likeness (QED) is 0.644. The maximum Gasteiger partial charge on any atom is 0.221 e. The molecule has 22 heavy (non-hydrogen) atoms. The Labute approximate surface area is 133 Å². The highest BCUT2D eigenvalue weighted by molar-refractivity contribution is 5.76. The molecule has 1 fully saturated rings. The van der Waals surface area contributed by atoms with Crippen LogP contribution < -0.4 is 10.6 Å². The molecule has 0 saturated heterocycles. The second kappa shape index (κ2) is 9.59. The minimum atomic E-state index is -0.413. The molecule has 0 aliphatic heterocycles. The van der Waals surface area contributed by atoms with Crippen molar-refractivity contribution in [3.05, 3.63) is 35.9 Å². The van der Waals surface area contributed by atoms with E-state index in [0.717, 1.165) is 18.4 Å². The molecular formula is C18H28N2O2. The zero-order valence-electron chi connectivity index (χ0n) is 13.3. The van der Waals surface area contributed by atoms with Crippen LogP contribution in [0.2, 0.25) is 0 Å². The fourth-order valence-electron chi connectivity index (χ4n) is 2.98. The fraction of sp³-hybridized carbons (Fsp3) is 0.611. The van der Waals surface area contributed by atoms with Crippen molar-refractivity contribution in [1.82, 2.24) is 10.6 Å². The number of rotatable bonds is 8. The van der Waals surface area contributed by atoms with Crippen LogP contribution in [-0.4, -0.2) is 36.2 Å². The number of aliphatic hydroxyl groups is 1. The molecule has 1 aliphatic rings. The van der Waals surface area contributed by atoms with Crippen LogP contribution in [0.1, 0.15) is 44.1 Å². The molecule has 4 heteroatoms. The number of nitrogens with one attached hydrogen (secondary N) is 2. The van der Waals surface area contributed by atoms with Gasteiger partial charge in [-0.3, -0.25) is 4.79 Å². The van der Waals surface area contributed by atoms with Gasteiger partial charge in [0.2, 0.25) is 5.91 Å². The number of amides is 1. The van der Waals surface area contributed by atoms with Gasteiger partial charge in [0.05, 0.1) is 6.10 Å². The first-order valence-electron chi connectivity index (χ1n) is 8.46. The van der Waals surface area contributed by atoms with Crippen LogP contribution in [0.3, 0.4) is 0 Å². The summed E-state index contributed by atoms with van der Waals surface area (Å²) >= 11 is 0. The van der Waals surface area contributed by atoms with Crippen LogP contribution in [0.4, 0.5) is 0 Å². The predicted molar refractivity (Wildman–Crippen MR) is 88.7 cm³/mol. The molecular weight excluding hydrogens is 276 g/mol. The smallest absolute Gasteiger partial charge is 0.221 e. The van der Waals surface area contributed by atoms with E-state index in [0.29, 0.717) is 32.0 Å². The molecule has 0 aromatic heterocycles. The lowest BCUT2D eigenvalue weighted by Gasteiger charge is -2.22. The fourth-order valence-corrected chi connectivity index (χ4v) is 2.98. The molecule has 1 aromatic rings. The molecule has 4 nitrogen and oxygen atoms in total. The van der Waals surface area contributed by atoms with Crippen molar-refractivity contribution < 1.29 is 9.90 Å². The monoisotopic (exact) mass is 304 g/mol. The van der Waals surface area contributed by atoms with Crippen molar-refractivity contribution in [3.8, 4) is 0 Å². The van der Waals surface area contributed by atoms with E-state index in [9.17, 15) is 9.90 Å². The molecule has 1 saturated carbocycles. The second-order valence-electron chi connectivity index (χ2n) is 6.20. The third-order valence-corrected chi connectivity index (χ3v) is 4.19. The van der Waals surface area contributed by atoms with Crippen LogP contribution in [-0.2, 0) is 11.2 Å². The van der Waals surface area contributed by atoms with E-state index in [2.05, 4.69) is 10.6 Å². The van der Waals surface area contributed by atoms with Gasteiger partial charge in [-0.05, 0) is 24.8 Å². The van der Waals surface area contributed by atoms with Crippen molar-refractivity contribution in [3.63, 3.8) is 0 Å². The number of hydrogen-bond donors (Lipinski definition) is 3. The number of hydrogen-bond acceptors (Lipinski definition) is 3. The van der Waals surface area contributed by atoms with Crippen LogP contribution in [0.25, 0.3) is 0 Å². The van der Waals surface area contributed by atoms with Gasteiger partial charge in [-0.2, -0.15) is 0 Å². The third kappa shape index (κ3) is 6.58. The summed E-state index contributed by atoms with van der Waals surface area (Å²) in [4.78, 5) is 11.8. The molecule has 0 heterocycles. The van der Waals surface area contributed by atoms with Crippen molar-refractivity contribution in [2.24, 2.45) is 0 Å². The van der Waals surface area contributed by atoms with E-state index < -0.39 is 6.10 Å². The molecule has 1 aliphatic carbocycles. The average Bonchev–Trinajstić information content (AvgIpc) is 2.53. The summed E-state index contributed by atoms with van der Waals surface area (Å²) in [5.74, 6) is 0.122. The molecule has 1 atom stereocenters. The standard InChI is InChI=1S/C18H28N2O2/c21-17(13-15-7-3-1-4-8-15)14-19-12-11-18(22)20-16-9-5-2-6-10-16/h1,3-4,7-8,16-17,19,21H,2,5-6,9-14H2,(H,20,22). The van der Waals surface area contributed by atoms with E-state index in [1.54, 1.807) is 0 Å². The largest absolute Gasteiger partial charge is 0.391 e. The lowest BCUT2D eigenvalue weighted by molar-refractivity contribution is -0.121. The third-order valence-electron chi connectivity index (χ3n) is 4.19. The van der Waals surface area contributed by atoms with Crippen molar-refractivity contribution in [1.29, 1.82) is 0 Å². The summed E-state index contributed by atoms with van der Waals surface area (Å²) in [5.41, 5.74) is 1.13. The van der Waals surface area contributed by atoms with Crippen LogP contribution in [0.5, 0.6) is 0 Å². The summed E-state index contributed by atoms with van der Waals surface area (Å²) < 4.78 is 0. The first-order valence-corrected chi connectivity index (χ1v) is 8.46. The number of benzene rings is 1. The van der Waals surface area contributed by atoms with Gasteiger partial charge in [0.15, 0.2) is 0 Å². The highest BCUT2D eigenvalue weighted by atomic mass is 16.3. The maximum atomic E-state index is 11.8. The van der Waals surface area contributed by atoms with Crippen molar-refractivity contribution in [2.45, 2.75) is 57.1 Å². The Balaban J connectivity index is 1.53. The predicted octanol–water partition coefficient (Wildman–Crippen LogP) is 2.02. The first-order chi connectivity index (χ1) is 10.7. The number of carbonyl (C=O) groups excluding carboxylic acids is 1. The molecule has 0 spiro atoms. The Bertz CT molecular complexity index is 430. The van der Waals surface area contributed by atoms with Crippen molar-refractivity contribution in [2.75, 3.05) is 13.1 Å². The second-order valence-corrected chi connectivity index (χ2v) is 6.20. The lowest BCUT2D eigenvalue weighted by atomic mass is 9.95. The Morgan fingerprint density at radius 3 is 2.64 bits per heavy atom. The minimum Gasteiger partial charge on any atom is -0.391 e. The van der Waals surface area contributed by atoms with Gasteiger partial charge in [-0.25, -0.2) is 0 Å². The number of aliphatic hydroxyl groups excluding tert-OH is 1. The Morgan fingerprint density at radius 2 is 1.91 bits per heavy atom. The normalized spacial score (nSPS) is 17.1. The molecule has 0 bridgehead atoms. The summed E-state index contributed by atoms with van der Waals surface area (Å²) in [6.07, 6.45) is 6.71. The van der Waals surface area contributed by atoms with Crippen LogP contribution in [0, 0.1) is 0 Å². The number of carbonyl (C=O) groups is 1. The summed E-state index contributed by atoms with van der Waals surface area (Å²) in [7, 11) is 0. The summed E-state index contributed by atoms with van der Waals surface area (Å²) in [5, 5.41) is 16.2. The summed E-state index contributed by atoms with van der Waals surface area (Å²) in [6, 6.07) is 10.3. The average molecular weight is 304 g/mol. The maximum absolute atomic E-state index is 11.8. The Morgan fingerprint density at radius 1 is 1.18 bits per heavy atom. The molecule has 3 N–H and O–H groups in total. The van der Waals surface area contributed by atoms with E-state index in [1.807, 2.05) is 30.3 Å². The first kappa shape index (κ1) is 17.0. The molecule has 122 valence electrons. The van der Waals surface area contributed by atoms with E-state index in [4.69, 9.17) is 0 Å². The van der Waals surface area contributed by atoms with Crippen molar-refractivity contribution >= 4 is 5.91 Å². The minimum absolute atomic E-state index is 0.122. The Kier molecular flexibility index (Phi) is 7.40. The molecule has 0 radical (unpaired) electrons. The van der Waals surface area contributed by atoms with E-state index in [-0.39, 0.29) is 5.91 Å². The van der Waals surface area contributed by atoms with Gasteiger partial charge in [-0.15, -0.1) is 0 Å². The van der Waals surface area contributed by atoms with E-state index in [1.165, 1.54) is 19.3 Å². The van der Waals surface area contributed by atoms with Gasteiger partial charge < -0.3 is 15.7 Å². The van der Waals surface area contributed by atoms with Gasteiger partial charge >= 0.3 is 0 Å². The highest BCUT2D eigenvalue weighted by Gasteiger charge is 2.15.